The van der Waals surface area contributed by atoms with Crippen molar-refractivity contribution in [3.63, 3.8) is 0 Å². The van der Waals surface area contributed by atoms with Crippen molar-refractivity contribution in [2.75, 3.05) is 5.32 Å². The van der Waals surface area contributed by atoms with Crippen molar-refractivity contribution in [1.82, 2.24) is 15.1 Å². The molecule has 2 N–H and O–H groups in total. The summed E-state index contributed by atoms with van der Waals surface area (Å²) in [5.41, 5.74) is 2.14. The highest BCUT2D eigenvalue weighted by molar-refractivity contribution is 6.37. The average Bonchev–Trinajstić information content (AvgIpc) is 3.12. The van der Waals surface area contributed by atoms with Gasteiger partial charge in [-0.15, -0.1) is 0 Å². The van der Waals surface area contributed by atoms with Gasteiger partial charge in [-0.05, 0) is 70.0 Å². The molecular formula is C24H25Cl3N4O2. The van der Waals surface area contributed by atoms with E-state index in [9.17, 15) is 9.59 Å². The van der Waals surface area contributed by atoms with E-state index in [1.165, 1.54) is 10.7 Å². The van der Waals surface area contributed by atoms with Crippen LogP contribution in [0.4, 0.5) is 5.69 Å². The minimum atomic E-state index is -0.468. The number of aromatic nitrogens is 2. The summed E-state index contributed by atoms with van der Waals surface area (Å²) in [6, 6.07) is 9.96. The number of benzene rings is 2. The molecule has 0 unspecified atom stereocenters. The topological polar surface area (TPSA) is 76.0 Å². The molecule has 9 heteroatoms. The Morgan fingerprint density at radius 3 is 2.24 bits per heavy atom. The second-order valence-electron chi connectivity index (χ2n) is 8.66. The van der Waals surface area contributed by atoms with Gasteiger partial charge in [-0.2, -0.15) is 5.10 Å². The molecule has 2 amide bonds. The van der Waals surface area contributed by atoms with E-state index in [1.54, 1.807) is 37.3 Å². The largest absolute Gasteiger partial charge is 0.347 e. The number of carbonyl (C=O) groups is 2. The summed E-state index contributed by atoms with van der Waals surface area (Å²) in [5, 5.41) is 11.4. The summed E-state index contributed by atoms with van der Waals surface area (Å²) in [7, 11) is 0. The van der Waals surface area contributed by atoms with Gasteiger partial charge in [0, 0.05) is 10.6 Å². The third-order valence-electron chi connectivity index (χ3n) is 4.78. The van der Waals surface area contributed by atoms with Gasteiger partial charge in [-0.3, -0.25) is 9.59 Å². The maximum absolute atomic E-state index is 13.4. The second kappa shape index (κ2) is 9.75. The van der Waals surface area contributed by atoms with Crippen molar-refractivity contribution >= 4 is 52.3 Å². The summed E-state index contributed by atoms with van der Waals surface area (Å²) in [5.74, 6) is -0.811. The molecule has 6 nitrogen and oxygen atoms in total. The van der Waals surface area contributed by atoms with Crippen LogP contribution in [-0.2, 0) is 6.42 Å². The molecule has 2 aromatic carbocycles. The van der Waals surface area contributed by atoms with Crippen molar-refractivity contribution in [3.05, 3.63) is 74.0 Å². The Morgan fingerprint density at radius 2 is 1.67 bits per heavy atom. The monoisotopic (exact) mass is 506 g/mol. The van der Waals surface area contributed by atoms with Crippen LogP contribution in [0.1, 0.15) is 59.8 Å². The Hall–Kier alpha value is -2.54. The maximum Gasteiger partial charge on any atom is 0.274 e. The van der Waals surface area contributed by atoms with Crippen LogP contribution < -0.4 is 10.6 Å². The number of nitrogens with zero attached hydrogens (tertiary/aromatic N) is 2. The number of carbonyl (C=O) groups excluding carboxylic acids is 2. The van der Waals surface area contributed by atoms with E-state index >= 15 is 0 Å². The Morgan fingerprint density at radius 1 is 1.03 bits per heavy atom. The molecule has 0 aliphatic rings. The van der Waals surface area contributed by atoms with Crippen LogP contribution in [-0.4, -0.2) is 27.1 Å². The quantitative estimate of drug-likeness (QED) is 0.415. The fraction of sp³-hybridized carbons (Fsp3) is 0.292. The number of nitrogens with one attached hydrogen (secondary N) is 2. The average molecular weight is 508 g/mol. The highest BCUT2D eigenvalue weighted by Gasteiger charge is 2.24. The van der Waals surface area contributed by atoms with E-state index in [4.69, 9.17) is 34.8 Å². The second-order valence-corrected chi connectivity index (χ2v) is 9.91. The molecule has 0 spiro atoms. The van der Waals surface area contributed by atoms with Gasteiger partial charge in [-0.25, -0.2) is 4.68 Å². The van der Waals surface area contributed by atoms with E-state index < -0.39 is 11.4 Å². The number of para-hydroxylation sites is 1. The molecule has 1 aromatic heterocycles. The van der Waals surface area contributed by atoms with Gasteiger partial charge in [0.1, 0.15) is 11.4 Å². The van der Waals surface area contributed by atoms with Crippen molar-refractivity contribution in [1.29, 1.82) is 0 Å². The first-order valence-corrected chi connectivity index (χ1v) is 11.5. The first-order valence-electron chi connectivity index (χ1n) is 10.4. The molecule has 0 saturated heterocycles. The van der Waals surface area contributed by atoms with Crippen molar-refractivity contribution < 1.29 is 9.59 Å². The van der Waals surface area contributed by atoms with Gasteiger partial charge in [0.05, 0.1) is 27.0 Å². The van der Waals surface area contributed by atoms with E-state index in [0.29, 0.717) is 44.1 Å². The molecule has 33 heavy (non-hydrogen) atoms. The Kier molecular flexibility index (Phi) is 7.42. The minimum Gasteiger partial charge on any atom is -0.347 e. The molecule has 0 aliphatic heterocycles. The molecule has 3 rings (SSSR count). The maximum atomic E-state index is 13.4. The van der Waals surface area contributed by atoms with E-state index in [0.717, 1.165) is 0 Å². The Labute approximate surface area is 208 Å². The predicted octanol–water partition coefficient (Wildman–Crippen LogP) is 6.48. The zero-order valence-electron chi connectivity index (χ0n) is 19.0. The molecule has 0 radical (unpaired) electrons. The highest BCUT2D eigenvalue weighted by Crippen LogP contribution is 2.31. The van der Waals surface area contributed by atoms with Crippen LogP contribution in [0.5, 0.6) is 0 Å². The number of hydrogen-bond donors (Lipinski definition) is 2. The molecular weight excluding hydrogens is 483 g/mol. The fourth-order valence-corrected chi connectivity index (χ4v) is 4.13. The van der Waals surface area contributed by atoms with E-state index in [-0.39, 0.29) is 17.2 Å². The zero-order chi connectivity index (χ0) is 24.5. The molecule has 0 fully saturated rings. The third kappa shape index (κ3) is 5.69. The number of aryl methyl sites for hydroxylation is 2. The van der Waals surface area contributed by atoms with Crippen LogP contribution >= 0.6 is 34.8 Å². The van der Waals surface area contributed by atoms with Gasteiger partial charge >= 0.3 is 0 Å². The molecule has 174 valence electrons. The molecule has 0 bridgehead atoms. The Balaban J connectivity index is 2.08. The first-order chi connectivity index (χ1) is 15.4. The van der Waals surface area contributed by atoms with Gasteiger partial charge in [0.2, 0.25) is 0 Å². The zero-order valence-corrected chi connectivity index (χ0v) is 21.3. The minimum absolute atomic E-state index is 0.235. The lowest BCUT2D eigenvalue weighted by molar-refractivity contribution is 0.0920. The Bertz CT molecular complexity index is 1210. The lowest BCUT2D eigenvalue weighted by Crippen LogP contribution is -2.41. The van der Waals surface area contributed by atoms with E-state index in [2.05, 4.69) is 15.7 Å². The summed E-state index contributed by atoms with van der Waals surface area (Å²) in [4.78, 5) is 26.4. The summed E-state index contributed by atoms with van der Waals surface area (Å²) in [6.45, 7) is 9.33. The lowest BCUT2D eigenvalue weighted by Gasteiger charge is -2.22. The van der Waals surface area contributed by atoms with E-state index in [1.807, 2.05) is 27.7 Å². The molecule has 1 heterocycles. The van der Waals surface area contributed by atoms with Crippen LogP contribution in [0.15, 0.2) is 36.4 Å². The lowest BCUT2D eigenvalue weighted by atomic mass is 10.0. The van der Waals surface area contributed by atoms with Crippen molar-refractivity contribution in [2.45, 2.75) is 46.6 Å². The van der Waals surface area contributed by atoms with Crippen LogP contribution in [0, 0.1) is 6.92 Å². The summed E-state index contributed by atoms with van der Waals surface area (Å²) < 4.78 is 1.43. The van der Waals surface area contributed by atoms with Crippen LogP contribution in [0.2, 0.25) is 15.1 Å². The van der Waals surface area contributed by atoms with Crippen LogP contribution in [0.25, 0.3) is 5.69 Å². The van der Waals surface area contributed by atoms with Crippen molar-refractivity contribution in [2.24, 2.45) is 0 Å². The molecule has 0 saturated carbocycles. The number of anilines is 1. The number of rotatable bonds is 5. The predicted molar refractivity (Wildman–Crippen MR) is 134 cm³/mol. The smallest absolute Gasteiger partial charge is 0.274 e. The third-order valence-corrected chi connectivity index (χ3v) is 5.60. The first kappa shape index (κ1) is 25.1. The molecule has 3 aromatic rings. The number of hydrogen-bond acceptors (Lipinski definition) is 3. The normalized spacial score (nSPS) is 11.4. The fourth-order valence-electron chi connectivity index (χ4n) is 3.30. The van der Waals surface area contributed by atoms with Gasteiger partial charge in [0.15, 0.2) is 0 Å². The van der Waals surface area contributed by atoms with Gasteiger partial charge in [0.25, 0.3) is 11.8 Å². The molecule has 0 atom stereocenters. The number of amides is 2. The highest BCUT2D eigenvalue weighted by atomic mass is 35.5. The number of halogens is 3. The van der Waals surface area contributed by atoms with Crippen LogP contribution in [0.3, 0.4) is 0 Å². The SMILES string of the molecule is CCc1cc(C(=O)Nc2c(C)cc(Cl)cc2C(=O)NC(C)(C)C)n(-c2c(Cl)cccc2Cl)n1. The molecule has 0 aliphatic carbocycles. The van der Waals surface area contributed by atoms with Gasteiger partial charge < -0.3 is 10.6 Å². The summed E-state index contributed by atoms with van der Waals surface area (Å²) in [6.07, 6.45) is 0.606. The van der Waals surface area contributed by atoms with Crippen molar-refractivity contribution in [3.8, 4) is 5.69 Å². The summed E-state index contributed by atoms with van der Waals surface area (Å²) >= 11 is 19.0. The van der Waals surface area contributed by atoms with Gasteiger partial charge in [-0.1, -0.05) is 47.8 Å². The standard InChI is InChI=1S/C24H25Cl3N4O2/c1-6-15-12-19(31(30-15)21-17(26)8-7-9-18(21)27)23(33)28-20-13(2)10-14(25)11-16(20)22(32)29-24(3,4)5/h7-12H,6H2,1-5H3,(H,28,33)(H,29,32).